The van der Waals surface area contributed by atoms with E-state index in [0.29, 0.717) is 5.92 Å². The van der Waals surface area contributed by atoms with Crippen LogP contribution in [0.25, 0.3) is 22.1 Å². The zero-order chi connectivity index (χ0) is 11.8. The molecule has 1 aromatic heterocycles. The molecule has 0 radical (unpaired) electrons. The van der Waals surface area contributed by atoms with Crippen molar-refractivity contribution in [1.29, 1.82) is 0 Å². The normalized spacial score (nSPS) is 11.5. The van der Waals surface area contributed by atoms with Gasteiger partial charge < -0.3 is 0 Å². The van der Waals surface area contributed by atoms with Gasteiger partial charge in [-0.25, -0.2) is 9.97 Å². The van der Waals surface area contributed by atoms with Crippen molar-refractivity contribution >= 4 is 22.1 Å². The summed E-state index contributed by atoms with van der Waals surface area (Å²) in [6.45, 7) is 4.37. The summed E-state index contributed by atoms with van der Waals surface area (Å²) in [5.74, 6) is 0.467. The van der Waals surface area contributed by atoms with Gasteiger partial charge in [-0.3, -0.25) is 0 Å². The van der Waals surface area contributed by atoms with Crippen molar-refractivity contribution in [1.82, 2.24) is 9.97 Å². The maximum atomic E-state index is 4.74. The molecule has 0 fully saturated rings. The lowest BCUT2D eigenvalue weighted by Crippen LogP contribution is -1.94. The molecule has 17 heavy (non-hydrogen) atoms. The molecule has 2 aromatic carbocycles. The Morgan fingerprint density at radius 3 is 2.12 bits per heavy atom. The first-order valence-electron chi connectivity index (χ1n) is 5.91. The summed E-state index contributed by atoms with van der Waals surface area (Å²) in [6, 6.07) is 14.2. The van der Waals surface area contributed by atoms with Crippen LogP contribution in [0.15, 0.2) is 42.5 Å². The molecule has 0 N–H and O–H groups in total. The van der Waals surface area contributed by atoms with Gasteiger partial charge in [0.2, 0.25) is 0 Å². The molecule has 2 nitrogen and oxygen atoms in total. The molecule has 0 unspecified atom stereocenters. The van der Waals surface area contributed by atoms with Gasteiger partial charge in [0.1, 0.15) is 0 Å². The second-order valence-electron chi connectivity index (χ2n) is 4.58. The second-order valence-corrected chi connectivity index (χ2v) is 4.58. The SMILES string of the molecule is CC(C)c1cccc2nc3ccccc3nc12. The summed E-state index contributed by atoms with van der Waals surface area (Å²) < 4.78 is 0. The number of benzene rings is 2. The number of aromatic nitrogens is 2. The van der Waals surface area contributed by atoms with E-state index in [-0.39, 0.29) is 0 Å². The Morgan fingerprint density at radius 2 is 1.41 bits per heavy atom. The van der Waals surface area contributed by atoms with Crippen LogP contribution in [0.5, 0.6) is 0 Å². The Hall–Kier alpha value is -1.96. The fourth-order valence-electron chi connectivity index (χ4n) is 2.13. The molecule has 0 bridgehead atoms. The summed E-state index contributed by atoms with van der Waals surface area (Å²) in [4.78, 5) is 9.39. The number of rotatable bonds is 1. The van der Waals surface area contributed by atoms with E-state index in [2.05, 4.69) is 31.0 Å². The van der Waals surface area contributed by atoms with E-state index in [9.17, 15) is 0 Å². The highest BCUT2D eigenvalue weighted by molar-refractivity contribution is 5.88. The van der Waals surface area contributed by atoms with E-state index in [4.69, 9.17) is 4.98 Å². The third-order valence-corrected chi connectivity index (χ3v) is 3.02. The molecule has 0 saturated carbocycles. The van der Waals surface area contributed by atoms with Crippen molar-refractivity contribution in [2.45, 2.75) is 19.8 Å². The van der Waals surface area contributed by atoms with Crippen LogP contribution in [0.4, 0.5) is 0 Å². The summed E-state index contributed by atoms with van der Waals surface area (Å²) in [7, 11) is 0. The number of para-hydroxylation sites is 3. The van der Waals surface area contributed by atoms with Crippen LogP contribution >= 0.6 is 0 Å². The predicted molar refractivity (Wildman–Crippen MR) is 71.1 cm³/mol. The number of hydrogen-bond acceptors (Lipinski definition) is 2. The molecule has 0 saturated heterocycles. The molecule has 0 aliphatic carbocycles. The minimum absolute atomic E-state index is 0.467. The number of nitrogens with zero attached hydrogens (tertiary/aromatic N) is 2. The van der Waals surface area contributed by atoms with Crippen molar-refractivity contribution in [3.05, 3.63) is 48.0 Å². The average Bonchev–Trinajstić information content (AvgIpc) is 2.35. The predicted octanol–water partition coefficient (Wildman–Crippen LogP) is 3.91. The van der Waals surface area contributed by atoms with Crippen molar-refractivity contribution in [3.8, 4) is 0 Å². The molecule has 1 heterocycles. The summed E-state index contributed by atoms with van der Waals surface area (Å²) in [5.41, 5.74) is 5.20. The largest absolute Gasteiger partial charge is 0.244 e. The van der Waals surface area contributed by atoms with Gasteiger partial charge in [-0.2, -0.15) is 0 Å². The highest BCUT2D eigenvalue weighted by Gasteiger charge is 2.08. The van der Waals surface area contributed by atoms with E-state index in [1.165, 1.54) is 5.56 Å². The molecule has 2 heteroatoms. The van der Waals surface area contributed by atoms with Gasteiger partial charge in [0.25, 0.3) is 0 Å². The lowest BCUT2D eigenvalue weighted by molar-refractivity contribution is 0.873. The topological polar surface area (TPSA) is 25.8 Å². The van der Waals surface area contributed by atoms with Crippen molar-refractivity contribution in [3.63, 3.8) is 0 Å². The Bertz CT molecular complexity index is 687. The maximum absolute atomic E-state index is 4.74. The Morgan fingerprint density at radius 1 is 0.765 bits per heavy atom. The molecule has 3 aromatic rings. The average molecular weight is 222 g/mol. The number of fused-ring (bicyclic) bond motifs is 2. The van der Waals surface area contributed by atoms with Crippen LogP contribution in [0.1, 0.15) is 25.3 Å². The van der Waals surface area contributed by atoms with Gasteiger partial charge in [0.15, 0.2) is 0 Å². The van der Waals surface area contributed by atoms with Crippen molar-refractivity contribution in [2.24, 2.45) is 0 Å². The highest BCUT2D eigenvalue weighted by Crippen LogP contribution is 2.24. The first-order chi connectivity index (χ1) is 8.25. The molecule has 0 atom stereocenters. The molecule has 0 aliphatic rings. The van der Waals surface area contributed by atoms with Gasteiger partial charge >= 0.3 is 0 Å². The third-order valence-electron chi connectivity index (χ3n) is 3.02. The summed E-state index contributed by atoms with van der Waals surface area (Å²) >= 11 is 0. The van der Waals surface area contributed by atoms with E-state index in [0.717, 1.165) is 22.1 Å². The highest BCUT2D eigenvalue weighted by atomic mass is 14.8. The standard InChI is InChI=1S/C15H14N2/c1-10(2)11-6-5-9-14-15(11)17-13-8-4-3-7-12(13)16-14/h3-10H,1-2H3. The lowest BCUT2D eigenvalue weighted by atomic mass is 10.0. The van der Waals surface area contributed by atoms with E-state index in [1.807, 2.05) is 30.3 Å². The van der Waals surface area contributed by atoms with Crippen molar-refractivity contribution in [2.75, 3.05) is 0 Å². The molecule has 0 aliphatic heterocycles. The lowest BCUT2D eigenvalue weighted by Gasteiger charge is -2.09. The molecule has 0 spiro atoms. The Labute approximate surface area is 100 Å². The fraction of sp³-hybridized carbons (Fsp3) is 0.200. The minimum atomic E-state index is 0.467. The van der Waals surface area contributed by atoms with Crippen LogP contribution in [-0.4, -0.2) is 9.97 Å². The van der Waals surface area contributed by atoms with Crippen LogP contribution < -0.4 is 0 Å². The molecular weight excluding hydrogens is 208 g/mol. The number of hydrogen-bond donors (Lipinski definition) is 0. The van der Waals surface area contributed by atoms with Gasteiger partial charge in [-0.05, 0) is 29.7 Å². The first-order valence-corrected chi connectivity index (χ1v) is 5.91. The maximum Gasteiger partial charge on any atom is 0.0929 e. The molecular formula is C15H14N2. The zero-order valence-corrected chi connectivity index (χ0v) is 10.0. The second kappa shape index (κ2) is 3.81. The van der Waals surface area contributed by atoms with E-state index >= 15 is 0 Å². The Balaban J connectivity index is 2.43. The summed E-state index contributed by atoms with van der Waals surface area (Å²) in [6.07, 6.45) is 0. The molecule has 3 rings (SSSR count). The fourth-order valence-corrected chi connectivity index (χ4v) is 2.13. The van der Waals surface area contributed by atoms with E-state index < -0.39 is 0 Å². The van der Waals surface area contributed by atoms with E-state index in [1.54, 1.807) is 0 Å². The van der Waals surface area contributed by atoms with Gasteiger partial charge in [0, 0.05) is 0 Å². The van der Waals surface area contributed by atoms with Crippen LogP contribution in [0.2, 0.25) is 0 Å². The monoisotopic (exact) mass is 222 g/mol. The quantitative estimate of drug-likeness (QED) is 0.583. The zero-order valence-electron chi connectivity index (χ0n) is 10.0. The Kier molecular flexibility index (Phi) is 2.29. The van der Waals surface area contributed by atoms with Crippen LogP contribution in [0.3, 0.4) is 0 Å². The van der Waals surface area contributed by atoms with Crippen LogP contribution in [0, 0.1) is 0 Å². The van der Waals surface area contributed by atoms with Gasteiger partial charge in [0.05, 0.1) is 22.1 Å². The molecule has 84 valence electrons. The minimum Gasteiger partial charge on any atom is -0.244 e. The third kappa shape index (κ3) is 1.66. The smallest absolute Gasteiger partial charge is 0.0929 e. The van der Waals surface area contributed by atoms with Gasteiger partial charge in [-0.1, -0.05) is 38.1 Å². The summed E-state index contributed by atoms with van der Waals surface area (Å²) in [5, 5.41) is 0. The van der Waals surface area contributed by atoms with Crippen LogP contribution in [-0.2, 0) is 0 Å². The van der Waals surface area contributed by atoms with Crippen molar-refractivity contribution < 1.29 is 0 Å². The first kappa shape index (κ1) is 10.2. The van der Waals surface area contributed by atoms with Gasteiger partial charge in [-0.15, -0.1) is 0 Å². The molecule has 0 amide bonds.